The number of aryl methyl sites for hydroxylation is 1. The molecule has 4 rings (SSSR count). The molecule has 0 spiro atoms. The number of benzene rings is 3. The normalized spacial score (nSPS) is 14.3. The molecular weight excluding hydrogens is 538 g/mol. The molecule has 3 aromatic rings. The van der Waals surface area contributed by atoms with E-state index < -0.39 is 28.5 Å². The fourth-order valence-electron chi connectivity index (χ4n) is 5.27. The monoisotopic (exact) mass is 577 g/mol. The Kier molecular flexibility index (Phi) is 10.0. The third-order valence-corrected chi connectivity index (χ3v) is 9.43. The largest absolute Gasteiger partial charge is 0.497 e. The lowest BCUT2D eigenvalue weighted by atomic mass is 10.1. The summed E-state index contributed by atoms with van der Waals surface area (Å²) >= 11 is 0. The number of carbonyl (C=O) groups excluding carboxylic acids is 2. The number of sulfonamides is 1. The molecule has 218 valence electrons. The fraction of sp³-hybridized carbons (Fsp3) is 0.375. The molecule has 1 aliphatic carbocycles. The molecule has 41 heavy (non-hydrogen) atoms. The van der Waals surface area contributed by atoms with Crippen LogP contribution < -0.4 is 14.4 Å². The first-order chi connectivity index (χ1) is 19.7. The molecular formula is C32H39N3O5S. The number of rotatable bonds is 12. The highest BCUT2D eigenvalue weighted by Crippen LogP contribution is 2.28. The van der Waals surface area contributed by atoms with Gasteiger partial charge in [-0.05, 0) is 61.6 Å². The number of carbonyl (C=O) groups is 2. The molecule has 0 radical (unpaired) electrons. The number of nitrogens with zero attached hydrogens (tertiary/aromatic N) is 2. The van der Waals surface area contributed by atoms with E-state index in [1.807, 2.05) is 38.1 Å². The van der Waals surface area contributed by atoms with Crippen molar-refractivity contribution in [1.82, 2.24) is 10.2 Å². The Hall–Kier alpha value is -3.85. The molecule has 1 fully saturated rings. The summed E-state index contributed by atoms with van der Waals surface area (Å²) in [5, 5.41) is 3.14. The molecule has 0 unspecified atom stereocenters. The van der Waals surface area contributed by atoms with Crippen molar-refractivity contribution in [3.63, 3.8) is 0 Å². The SMILES string of the molecule is CC[C@H](C(=O)NC1CCCC1)N(Cc1ccccc1C)C(=O)CN(c1cccc(OC)c1)S(=O)(=O)c1ccccc1. The zero-order valence-corrected chi connectivity index (χ0v) is 24.8. The van der Waals surface area contributed by atoms with Gasteiger partial charge in [-0.1, -0.05) is 68.3 Å². The highest BCUT2D eigenvalue weighted by Gasteiger charge is 2.34. The van der Waals surface area contributed by atoms with E-state index in [1.54, 1.807) is 42.5 Å². The maximum absolute atomic E-state index is 14.2. The standard InChI is InChI=1S/C32H39N3O5S/c1-4-30(32(37)33-26-15-10-11-16-26)34(22-25-14-9-8-13-24(25)2)31(36)23-35(27-17-12-18-28(21-27)40-3)41(38,39)29-19-6-5-7-20-29/h5-9,12-14,17-21,26,30H,4,10-11,15-16,22-23H2,1-3H3,(H,33,37)/t30-/m1/s1. The van der Waals surface area contributed by atoms with Crippen molar-refractivity contribution in [2.24, 2.45) is 0 Å². The molecule has 1 saturated carbocycles. The Morgan fingerprint density at radius 2 is 1.66 bits per heavy atom. The fourth-order valence-corrected chi connectivity index (χ4v) is 6.70. The highest BCUT2D eigenvalue weighted by molar-refractivity contribution is 7.92. The highest BCUT2D eigenvalue weighted by atomic mass is 32.2. The first-order valence-corrected chi connectivity index (χ1v) is 15.5. The van der Waals surface area contributed by atoms with Crippen LogP contribution in [0.5, 0.6) is 5.75 Å². The van der Waals surface area contributed by atoms with Crippen molar-refractivity contribution >= 4 is 27.5 Å². The van der Waals surface area contributed by atoms with Gasteiger partial charge in [-0.2, -0.15) is 0 Å². The van der Waals surface area contributed by atoms with Crippen molar-refractivity contribution in [1.29, 1.82) is 0 Å². The van der Waals surface area contributed by atoms with Gasteiger partial charge in [0.25, 0.3) is 10.0 Å². The van der Waals surface area contributed by atoms with E-state index in [4.69, 9.17) is 4.74 Å². The van der Waals surface area contributed by atoms with E-state index in [-0.39, 0.29) is 23.4 Å². The maximum Gasteiger partial charge on any atom is 0.264 e. The molecule has 9 heteroatoms. The van der Waals surface area contributed by atoms with Crippen LogP contribution in [0.15, 0.2) is 83.8 Å². The Bertz CT molecular complexity index is 1440. The predicted molar refractivity (Wildman–Crippen MR) is 160 cm³/mol. The summed E-state index contributed by atoms with van der Waals surface area (Å²) in [5.41, 5.74) is 2.17. The number of nitrogens with one attached hydrogen (secondary N) is 1. The minimum absolute atomic E-state index is 0.0621. The maximum atomic E-state index is 14.2. The zero-order chi connectivity index (χ0) is 29.4. The predicted octanol–water partition coefficient (Wildman–Crippen LogP) is 5.07. The Morgan fingerprint density at radius 1 is 0.976 bits per heavy atom. The number of hydrogen-bond acceptors (Lipinski definition) is 5. The van der Waals surface area contributed by atoms with Gasteiger partial charge in [0.05, 0.1) is 17.7 Å². The topological polar surface area (TPSA) is 96.0 Å². The van der Waals surface area contributed by atoms with Crippen LogP contribution in [-0.2, 0) is 26.2 Å². The van der Waals surface area contributed by atoms with Crippen molar-refractivity contribution in [3.8, 4) is 5.75 Å². The zero-order valence-electron chi connectivity index (χ0n) is 24.0. The number of methoxy groups -OCH3 is 1. The van der Waals surface area contributed by atoms with Crippen LogP contribution >= 0.6 is 0 Å². The van der Waals surface area contributed by atoms with Gasteiger partial charge in [0.15, 0.2) is 0 Å². The summed E-state index contributed by atoms with van der Waals surface area (Å²) < 4.78 is 34.3. The van der Waals surface area contributed by atoms with Gasteiger partial charge in [-0.3, -0.25) is 13.9 Å². The van der Waals surface area contributed by atoms with Crippen molar-refractivity contribution < 1.29 is 22.7 Å². The van der Waals surface area contributed by atoms with E-state index in [9.17, 15) is 18.0 Å². The average molecular weight is 578 g/mol. The molecule has 3 aromatic carbocycles. The first kappa shape index (κ1) is 30.1. The van der Waals surface area contributed by atoms with Crippen LogP contribution in [0, 0.1) is 6.92 Å². The lowest BCUT2D eigenvalue weighted by Crippen LogP contribution is -2.53. The van der Waals surface area contributed by atoms with Crippen molar-refractivity contribution in [3.05, 3.63) is 90.0 Å². The van der Waals surface area contributed by atoms with Crippen molar-refractivity contribution in [2.45, 2.75) is 69.5 Å². The Morgan fingerprint density at radius 3 is 2.32 bits per heavy atom. The van der Waals surface area contributed by atoms with Crippen LogP contribution in [0.1, 0.15) is 50.2 Å². The molecule has 0 aromatic heterocycles. The van der Waals surface area contributed by atoms with E-state index in [0.717, 1.165) is 41.1 Å². The van der Waals surface area contributed by atoms with Gasteiger partial charge < -0.3 is 15.0 Å². The second-order valence-corrected chi connectivity index (χ2v) is 12.3. The van der Waals surface area contributed by atoms with Crippen LogP contribution in [0.25, 0.3) is 0 Å². The smallest absolute Gasteiger partial charge is 0.264 e. The molecule has 8 nitrogen and oxygen atoms in total. The molecule has 1 N–H and O–H groups in total. The summed E-state index contributed by atoms with van der Waals surface area (Å²) in [6.45, 7) is 3.53. The van der Waals surface area contributed by atoms with Gasteiger partial charge in [-0.25, -0.2) is 8.42 Å². The summed E-state index contributed by atoms with van der Waals surface area (Å²) in [5.74, 6) is -0.216. The first-order valence-electron chi connectivity index (χ1n) is 14.1. The number of hydrogen-bond donors (Lipinski definition) is 1. The second-order valence-electron chi connectivity index (χ2n) is 10.4. The molecule has 1 aliphatic rings. The van der Waals surface area contributed by atoms with Crippen LogP contribution in [-0.4, -0.2) is 50.9 Å². The molecule has 1 atom stereocenters. The Balaban J connectivity index is 1.73. The van der Waals surface area contributed by atoms with Gasteiger partial charge in [0.1, 0.15) is 18.3 Å². The summed E-state index contributed by atoms with van der Waals surface area (Å²) in [6.07, 6.45) is 4.38. The quantitative estimate of drug-likeness (QED) is 0.325. The van der Waals surface area contributed by atoms with Gasteiger partial charge in [0.2, 0.25) is 11.8 Å². The third kappa shape index (κ3) is 7.27. The van der Waals surface area contributed by atoms with Crippen LogP contribution in [0.3, 0.4) is 0 Å². The third-order valence-electron chi connectivity index (χ3n) is 7.64. The van der Waals surface area contributed by atoms with Crippen LogP contribution in [0.4, 0.5) is 5.69 Å². The summed E-state index contributed by atoms with van der Waals surface area (Å²) in [4.78, 5) is 29.4. The molecule has 0 saturated heterocycles. The molecule has 2 amide bonds. The van der Waals surface area contributed by atoms with E-state index >= 15 is 0 Å². The van der Waals surface area contributed by atoms with Gasteiger partial charge in [0, 0.05) is 18.7 Å². The second kappa shape index (κ2) is 13.7. The molecule has 0 heterocycles. The molecule has 0 aliphatic heterocycles. The van der Waals surface area contributed by atoms with Gasteiger partial charge >= 0.3 is 0 Å². The minimum Gasteiger partial charge on any atom is -0.497 e. The van der Waals surface area contributed by atoms with E-state index in [0.29, 0.717) is 17.9 Å². The lowest BCUT2D eigenvalue weighted by molar-refractivity contribution is -0.140. The summed E-state index contributed by atoms with van der Waals surface area (Å²) in [7, 11) is -2.63. The average Bonchev–Trinajstić information content (AvgIpc) is 3.50. The number of anilines is 1. The number of amides is 2. The van der Waals surface area contributed by atoms with E-state index in [1.165, 1.54) is 24.1 Å². The number of ether oxygens (including phenoxy) is 1. The van der Waals surface area contributed by atoms with Gasteiger partial charge in [-0.15, -0.1) is 0 Å². The Labute approximate surface area is 243 Å². The lowest BCUT2D eigenvalue weighted by Gasteiger charge is -2.34. The van der Waals surface area contributed by atoms with Crippen LogP contribution in [0.2, 0.25) is 0 Å². The molecule has 0 bridgehead atoms. The summed E-state index contributed by atoms with van der Waals surface area (Å²) in [6, 6.07) is 21.7. The van der Waals surface area contributed by atoms with Crippen molar-refractivity contribution in [2.75, 3.05) is 18.0 Å². The van der Waals surface area contributed by atoms with E-state index in [2.05, 4.69) is 5.32 Å². The minimum atomic E-state index is -4.13.